The van der Waals surface area contributed by atoms with E-state index in [4.69, 9.17) is 16.7 Å². The number of rotatable bonds is 3. The Morgan fingerprint density at radius 3 is 2.45 bits per heavy atom. The Morgan fingerprint density at radius 2 is 1.85 bits per heavy atom. The number of carboxylic acids is 1. The maximum atomic E-state index is 12.3. The first-order chi connectivity index (χ1) is 9.47. The van der Waals surface area contributed by atoms with Gasteiger partial charge < -0.3 is 15.1 Å². The van der Waals surface area contributed by atoms with Crippen molar-refractivity contribution in [2.24, 2.45) is 0 Å². The Balaban J connectivity index is 2.01. The molecule has 0 radical (unpaired) electrons. The van der Waals surface area contributed by atoms with Crippen LogP contribution in [0.1, 0.15) is 10.4 Å². The first-order valence-corrected chi connectivity index (χ1v) is 6.57. The molecule has 1 fully saturated rings. The second-order valence-corrected chi connectivity index (χ2v) is 5.06. The third-order valence-electron chi connectivity index (χ3n) is 3.21. The van der Waals surface area contributed by atoms with E-state index < -0.39 is 5.97 Å². The number of halogens is 1. The van der Waals surface area contributed by atoms with Crippen molar-refractivity contribution in [3.8, 4) is 5.75 Å². The summed E-state index contributed by atoms with van der Waals surface area (Å²) in [5.74, 6) is -1.27. The molecule has 2 N–H and O–H groups in total. The summed E-state index contributed by atoms with van der Waals surface area (Å²) in [5.41, 5.74) is 0.171. The summed E-state index contributed by atoms with van der Waals surface area (Å²) in [6.07, 6.45) is 0. The zero-order valence-electron chi connectivity index (χ0n) is 10.8. The van der Waals surface area contributed by atoms with Crippen LogP contribution in [0.15, 0.2) is 18.2 Å². The summed E-state index contributed by atoms with van der Waals surface area (Å²) < 4.78 is 0. The van der Waals surface area contributed by atoms with E-state index in [0.29, 0.717) is 31.2 Å². The third-order valence-corrected chi connectivity index (χ3v) is 3.44. The minimum Gasteiger partial charge on any atom is -0.507 e. The number of hydrogen-bond acceptors (Lipinski definition) is 4. The van der Waals surface area contributed by atoms with Gasteiger partial charge in [-0.2, -0.15) is 0 Å². The summed E-state index contributed by atoms with van der Waals surface area (Å²) in [5, 5.41) is 18.8. The number of aliphatic carboxylic acids is 1. The number of amides is 1. The zero-order valence-corrected chi connectivity index (χ0v) is 11.5. The van der Waals surface area contributed by atoms with Gasteiger partial charge in [0.25, 0.3) is 5.91 Å². The summed E-state index contributed by atoms with van der Waals surface area (Å²) >= 11 is 5.82. The number of nitrogens with zero attached hydrogens (tertiary/aromatic N) is 2. The number of benzene rings is 1. The van der Waals surface area contributed by atoms with E-state index in [1.54, 1.807) is 9.80 Å². The standard InChI is InChI=1S/C13H15ClN2O4/c14-9-1-2-11(17)10(7-9)13(20)16-5-3-15(4-6-16)8-12(18)19/h1-2,7,17H,3-6,8H2,(H,18,19). The van der Waals surface area contributed by atoms with E-state index >= 15 is 0 Å². The van der Waals surface area contributed by atoms with Crippen LogP contribution in [0.2, 0.25) is 5.02 Å². The van der Waals surface area contributed by atoms with Crippen molar-refractivity contribution in [1.29, 1.82) is 0 Å². The summed E-state index contributed by atoms with van der Waals surface area (Å²) in [7, 11) is 0. The monoisotopic (exact) mass is 298 g/mol. The third kappa shape index (κ3) is 3.40. The Kier molecular flexibility index (Phi) is 4.46. The van der Waals surface area contributed by atoms with Crippen molar-refractivity contribution in [3.63, 3.8) is 0 Å². The van der Waals surface area contributed by atoms with Gasteiger partial charge in [0.05, 0.1) is 12.1 Å². The van der Waals surface area contributed by atoms with E-state index in [-0.39, 0.29) is 23.8 Å². The number of carbonyl (C=O) groups excluding carboxylic acids is 1. The van der Waals surface area contributed by atoms with Gasteiger partial charge in [0, 0.05) is 31.2 Å². The van der Waals surface area contributed by atoms with Crippen LogP contribution < -0.4 is 0 Å². The van der Waals surface area contributed by atoms with Gasteiger partial charge in [-0.15, -0.1) is 0 Å². The van der Waals surface area contributed by atoms with Gasteiger partial charge >= 0.3 is 5.97 Å². The highest BCUT2D eigenvalue weighted by atomic mass is 35.5. The van der Waals surface area contributed by atoms with Gasteiger partial charge in [0.15, 0.2) is 0 Å². The molecule has 0 unspecified atom stereocenters. The molecule has 6 nitrogen and oxygen atoms in total. The summed E-state index contributed by atoms with van der Waals surface area (Å²) in [4.78, 5) is 26.2. The molecular weight excluding hydrogens is 284 g/mol. The molecule has 7 heteroatoms. The van der Waals surface area contributed by atoms with Crippen LogP contribution in [-0.4, -0.2) is 64.6 Å². The van der Waals surface area contributed by atoms with Crippen molar-refractivity contribution >= 4 is 23.5 Å². The molecule has 1 amide bonds. The lowest BCUT2D eigenvalue weighted by Crippen LogP contribution is -2.49. The minimum absolute atomic E-state index is 0.0234. The van der Waals surface area contributed by atoms with Gasteiger partial charge in [-0.25, -0.2) is 0 Å². The van der Waals surface area contributed by atoms with Crippen molar-refractivity contribution in [2.45, 2.75) is 0 Å². The van der Waals surface area contributed by atoms with Crippen LogP contribution in [0, 0.1) is 0 Å². The highest BCUT2D eigenvalue weighted by Crippen LogP contribution is 2.23. The molecule has 20 heavy (non-hydrogen) atoms. The van der Waals surface area contributed by atoms with Crippen LogP contribution in [0.5, 0.6) is 5.75 Å². The lowest BCUT2D eigenvalue weighted by atomic mass is 10.1. The SMILES string of the molecule is O=C(O)CN1CCN(C(=O)c2cc(Cl)ccc2O)CC1. The number of phenols is 1. The normalized spacial score (nSPS) is 16.1. The summed E-state index contributed by atoms with van der Waals surface area (Å²) in [6, 6.07) is 4.33. The van der Waals surface area contributed by atoms with Crippen LogP contribution in [0.4, 0.5) is 0 Å². The second kappa shape index (κ2) is 6.11. The number of carbonyl (C=O) groups is 2. The molecule has 1 heterocycles. The molecule has 0 aromatic heterocycles. The van der Waals surface area contributed by atoms with E-state index in [2.05, 4.69) is 0 Å². The number of carboxylic acid groups (broad SMARTS) is 1. The molecule has 108 valence electrons. The van der Waals surface area contributed by atoms with Crippen molar-refractivity contribution < 1.29 is 19.8 Å². The van der Waals surface area contributed by atoms with Crippen LogP contribution >= 0.6 is 11.6 Å². The molecule has 0 atom stereocenters. The Hall–Kier alpha value is -1.79. The van der Waals surface area contributed by atoms with Gasteiger partial charge in [0.2, 0.25) is 0 Å². The predicted octanol–water partition coefficient (Wildman–Crippen LogP) is 0.888. The molecule has 1 aromatic rings. The average molecular weight is 299 g/mol. The van der Waals surface area contributed by atoms with Crippen LogP contribution in [0.3, 0.4) is 0 Å². The molecule has 1 aliphatic rings. The van der Waals surface area contributed by atoms with Crippen molar-refractivity contribution in [2.75, 3.05) is 32.7 Å². The smallest absolute Gasteiger partial charge is 0.317 e. The quantitative estimate of drug-likeness (QED) is 0.866. The van der Waals surface area contributed by atoms with E-state index in [1.165, 1.54) is 18.2 Å². The maximum Gasteiger partial charge on any atom is 0.317 e. The topological polar surface area (TPSA) is 81.1 Å². The Labute approximate surface area is 121 Å². The summed E-state index contributed by atoms with van der Waals surface area (Å²) in [6.45, 7) is 1.83. The molecular formula is C13H15ClN2O4. The molecule has 0 bridgehead atoms. The zero-order chi connectivity index (χ0) is 14.7. The molecule has 0 aliphatic carbocycles. The fourth-order valence-corrected chi connectivity index (χ4v) is 2.32. The largest absolute Gasteiger partial charge is 0.507 e. The molecule has 1 saturated heterocycles. The average Bonchev–Trinajstić information content (AvgIpc) is 2.41. The first kappa shape index (κ1) is 14.6. The second-order valence-electron chi connectivity index (χ2n) is 4.62. The van der Waals surface area contributed by atoms with E-state index in [0.717, 1.165) is 0 Å². The fraction of sp³-hybridized carbons (Fsp3) is 0.385. The molecule has 2 rings (SSSR count). The van der Waals surface area contributed by atoms with Crippen LogP contribution in [0.25, 0.3) is 0 Å². The molecule has 1 aliphatic heterocycles. The molecule has 0 saturated carbocycles. The molecule has 0 spiro atoms. The number of piperazine rings is 1. The number of aromatic hydroxyl groups is 1. The fourth-order valence-electron chi connectivity index (χ4n) is 2.15. The predicted molar refractivity (Wildman–Crippen MR) is 73.1 cm³/mol. The Bertz CT molecular complexity index is 527. The van der Waals surface area contributed by atoms with Gasteiger partial charge in [-0.05, 0) is 18.2 Å². The van der Waals surface area contributed by atoms with Crippen molar-refractivity contribution in [3.05, 3.63) is 28.8 Å². The van der Waals surface area contributed by atoms with Gasteiger partial charge in [-0.3, -0.25) is 14.5 Å². The maximum absolute atomic E-state index is 12.3. The lowest BCUT2D eigenvalue weighted by Gasteiger charge is -2.33. The van der Waals surface area contributed by atoms with Crippen LogP contribution in [-0.2, 0) is 4.79 Å². The lowest BCUT2D eigenvalue weighted by molar-refractivity contribution is -0.138. The van der Waals surface area contributed by atoms with Gasteiger partial charge in [0.1, 0.15) is 5.75 Å². The van der Waals surface area contributed by atoms with Gasteiger partial charge in [-0.1, -0.05) is 11.6 Å². The highest BCUT2D eigenvalue weighted by Gasteiger charge is 2.24. The van der Waals surface area contributed by atoms with E-state index in [1.807, 2.05) is 0 Å². The molecule has 1 aromatic carbocycles. The highest BCUT2D eigenvalue weighted by molar-refractivity contribution is 6.31. The Morgan fingerprint density at radius 1 is 1.20 bits per heavy atom. The van der Waals surface area contributed by atoms with E-state index in [9.17, 15) is 14.7 Å². The number of hydrogen-bond donors (Lipinski definition) is 2. The first-order valence-electron chi connectivity index (χ1n) is 6.19. The van der Waals surface area contributed by atoms with Crippen molar-refractivity contribution in [1.82, 2.24) is 9.80 Å². The number of phenolic OH excluding ortho intramolecular Hbond substituents is 1. The minimum atomic E-state index is -0.878.